The largest absolute Gasteiger partial charge is 0.355 e. The summed E-state index contributed by atoms with van der Waals surface area (Å²) in [4.78, 5) is 12.7. The smallest absolute Gasteiger partial charge is 0.273 e. The van der Waals surface area contributed by atoms with Gasteiger partial charge in [0.2, 0.25) is 0 Å². The Morgan fingerprint density at radius 3 is 2.61 bits per heavy atom. The number of carbonyl (C=O) groups is 1. The first-order valence-corrected chi connectivity index (χ1v) is 9.88. The van der Waals surface area contributed by atoms with Gasteiger partial charge in [0.1, 0.15) is 0 Å². The van der Waals surface area contributed by atoms with Gasteiger partial charge in [0.05, 0.1) is 6.04 Å². The van der Waals surface area contributed by atoms with E-state index in [9.17, 15) is 4.79 Å². The quantitative estimate of drug-likeness (QED) is 0.663. The maximum Gasteiger partial charge on any atom is 0.273 e. The maximum atomic E-state index is 12.7. The Morgan fingerprint density at radius 1 is 1.11 bits per heavy atom. The van der Waals surface area contributed by atoms with E-state index in [2.05, 4.69) is 61.6 Å². The monoisotopic (exact) mass is 374 g/mol. The molecule has 1 unspecified atom stereocenters. The molecule has 0 fully saturated rings. The van der Waals surface area contributed by atoms with E-state index < -0.39 is 0 Å². The third kappa shape index (κ3) is 3.72. The lowest BCUT2D eigenvalue weighted by molar-refractivity contribution is 0.0923. The van der Waals surface area contributed by atoms with Crippen LogP contribution >= 0.6 is 0 Å². The standard InChI is InChI=1S/C24H26N2O2/c1-24(2,3)18-13-11-17(12-14-18)22-15-21(26-28-22)23(27)25-20-10-6-8-16-7-4-5-9-19(16)20/h4-5,7,9,11-15,20H,6,8,10H2,1-3H3,(H,25,27). The fraction of sp³-hybridized carbons (Fsp3) is 0.333. The number of nitrogens with zero attached hydrogens (tertiary/aromatic N) is 1. The number of fused-ring (bicyclic) bond motifs is 1. The van der Waals surface area contributed by atoms with Gasteiger partial charge in [-0.25, -0.2) is 0 Å². The van der Waals surface area contributed by atoms with E-state index in [1.165, 1.54) is 16.7 Å². The summed E-state index contributed by atoms with van der Waals surface area (Å²) >= 11 is 0. The summed E-state index contributed by atoms with van der Waals surface area (Å²) < 4.78 is 5.45. The molecule has 0 radical (unpaired) electrons. The number of amides is 1. The molecule has 1 atom stereocenters. The van der Waals surface area contributed by atoms with Gasteiger partial charge >= 0.3 is 0 Å². The Hall–Kier alpha value is -2.88. The van der Waals surface area contributed by atoms with Crippen molar-refractivity contribution < 1.29 is 9.32 Å². The highest BCUT2D eigenvalue weighted by Crippen LogP contribution is 2.30. The van der Waals surface area contributed by atoms with Crippen LogP contribution in [-0.2, 0) is 11.8 Å². The van der Waals surface area contributed by atoms with E-state index in [0.29, 0.717) is 11.5 Å². The third-order valence-electron chi connectivity index (χ3n) is 5.45. The van der Waals surface area contributed by atoms with Crippen LogP contribution in [0.4, 0.5) is 0 Å². The topological polar surface area (TPSA) is 55.1 Å². The van der Waals surface area contributed by atoms with Crippen LogP contribution in [-0.4, -0.2) is 11.1 Å². The molecule has 1 aromatic heterocycles. The number of rotatable bonds is 3. The number of aromatic nitrogens is 1. The number of hydrogen-bond donors (Lipinski definition) is 1. The van der Waals surface area contributed by atoms with Crippen LogP contribution in [0.5, 0.6) is 0 Å². The van der Waals surface area contributed by atoms with Crippen molar-refractivity contribution in [2.45, 2.75) is 51.5 Å². The molecule has 4 rings (SSSR count). The van der Waals surface area contributed by atoms with Crippen molar-refractivity contribution in [1.82, 2.24) is 10.5 Å². The fourth-order valence-corrected chi connectivity index (χ4v) is 3.79. The minimum atomic E-state index is -0.192. The highest BCUT2D eigenvalue weighted by Gasteiger charge is 2.23. The molecule has 1 heterocycles. The lowest BCUT2D eigenvalue weighted by atomic mass is 9.86. The summed E-state index contributed by atoms with van der Waals surface area (Å²) in [5.74, 6) is 0.415. The van der Waals surface area contributed by atoms with Gasteiger partial charge in [0.25, 0.3) is 5.91 Å². The summed E-state index contributed by atoms with van der Waals surface area (Å²) in [6.45, 7) is 6.55. The minimum absolute atomic E-state index is 0.0312. The minimum Gasteiger partial charge on any atom is -0.355 e. The first kappa shape index (κ1) is 18.5. The van der Waals surface area contributed by atoms with Crippen molar-refractivity contribution in [3.05, 3.63) is 77.0 Å². The predicted molar refractivity (Wildman–Crippen MR) is 110 cm³/mol. The van der Waals surface area contributed by atoms with Gasteiger partial charge in [0.15, 0.2) is 11.5 Å². The summed E-state index contributed by atoms with van der Waals surface area (Å²) in [7, 11) is 0. The van der Waals surface area contributed by atoms with Crippen molar-refractivity contribution >= 4 is 5.91 Å². The zero-order valence-electron chi connectivity index (χ0n) is 16.7. The van der Waals surface area contributed by atoms with E-state index in [1.807, 2.05) is 18.2 Å². The van der Waals surface area contributed by atoms with Crippen molar-refractivity contribution in [3.63, 3.8) is 0 Å². The average molecular weight is 374 g/mol. The van der Waals surface area contributed by atoms with E-state index in [-0.39, 0.29) is 17.4 Å². The molecule has 0 spiro atoms. The van der Waals surface area contributed by atoms with Crippen LogP contribution in [0.2, 0.25) is 0 Å². The molecule has 28 heavy (non-hydrogen) atoms. The Balaban J connectivity index is 1.50. The first-order chi connectivity index (χ1) is 13.4. The number of aryl methyl sites for hydroxylation is 1. The van der Waals surface area contributed by atoms with Gasteiger partial charge in [-0.2, -0.15) is 0 Å². The van der Waals surface area contributed by atoms with Crippen LogP contribution in [0.25, 0.3) is 11.3 Å². The molecule has 0 aliphatic heterocycles. The molecule has 2 aromatic carbocycles. The molecular formula is C24H26N2O2. The summed E-state index contributed by atoms with van der Waals surface area (Å²) in [6.07, 6.45) is 3.09. The average Bonchev–Trinajstić information content (AvgIpc) is 3.18. The molecule has 4 nitrogen and oxygen atoms in total. The molecule has 3 aromatic rings. The van der Waals surface area contributed by atoms with Crippen molar-refractivity contribution in [3.8, 4) is 11.3 Å². The summed E-state index contributed by atoms with van der Waals surface area (Å²) in [5, 5.41) is 7.12. The Morgan fingerprint density at radius 2 is 1.86 bits per heavy atom. The predicted octanol–water partition coefficient (Wildman–Crippen LogP) is 5.45. The lowest BCUT2D eigenvalue weighted by Crippen LogP contribution is -2.31. The van der Waals surface area contributed by atoms with E-state index in [4.69, 9.17) is 4.52 Å². The molecule has 4 heteroatoms. The van der Waals surface area contributed by atoms with Gasteiger partial charge in [-0.3, -0.25) is 4.79 Å². The normalized spacial score (nSPS) is 16.5. The third-order valence-corrected chi connectivity index (χ3v) is 5.45. The lowest BCUT2D eigenvalue weighted by Gasteiger charge is -2.25. The van der Waals surface area contributed by atoms with Gasteiger partial charge in [-0.05, 0) is 41.4 Å². The molecule has 1 amide bonds. The van der Waals surface area contributed by atoms with Crippen LogP contribution in [0.15, 0.2) is 59.1 Å². The van der Waals surface area contributed by atoms with E-state index in [1.54, 1.807) is 6.07 Å². The van der Waals surface area contributed by atoms with Crippen LogP contribution in [0.3, 0.4) is 0 Å². The van der Waals surface area contributed by atoms with Gasteiger partial charge < -0.3 is 9.84 Å². The van der Waals surface area contributed by atoms with E-state index in [0.717, 1.165) is 24.8 Å². The number of hydrogen-bond acceptors (Lipinski definition) is 3. The van der Waals surface area contributed by atoms with Crippen LogP contribution in [0.1, 0.15) is 66.8 Å². The highest BCUT2D eigenvalue weighted by molar-refractivity contribution is 5.93. The molecule has 144 valence electrons. The Bertz CT molecular complexity index is 980. The van der Waals surface area contributed by atoms with Gasteiger partial charge in [0, 0.05) is 11.6 Å². The molecule has 0 bridgehead atoms. The van der Waals surface area contributed by atoms with Crippen molar-refractivity contribution in [1.29, 1.82) is 0 Å². The maximum absolute atomic E-state index is 12.7. The number of benzene rings is 2. The second-order valence-corrected chi connectivity index (χ2v) is 8.52. The molecule has 1 aliphatic carbocycles. The van der Waals surface area contributed by atoms with Gasteiger partial charge in [-0.15, -0.1) is 0 Å². The SMILES string of the molecule is CC(C)(C)c1ccc(-c2cc(C(=O)NC3CCCc4ccccc43)no2)cc1. The van der Waals surface area contributed by atoms with E-state index >= 15 is 0 Å². The molecular weight excluding hydrogens is 348 g/mol. The second kappa shape index (κ2) is 7.27. The molecule has 0 saturated heterocycles. The number of carbonyl (C=O) groups excluding carboxylic acids is 1. The van der Waals surface area contributed by atoms with Crippen LogP contribution in [0, 0.1) is 0 Å². The zero-order valence-corrected chi connectivity index (χ0v) is 16.7. The van der Waals surface area contributed by atoms with Crippen molar-refractivity contribution in [2.24, 2.45) is 0 Å². The molecule has 0 saturated carbocycles. The summed E-state index contributed by atoms with van der Waals surface area (Å²) in [5.41, 5.74) is 5.12. The second-order valence-electron chi connectivity index (χ2n) is 8.52. The fourth-order valence-electron chi connectivity index (χ4n) is 3.79. The summed E-state index contributed by atoms with van der Waals surface area (Å²) in [6, 6.07) is 18.3. The highest BCUT2D eigenvalue weighted by atomic mass is 16.5. The zero-order chi connectivity index (χ0) is 19.7. The Labute approximate surface area is 166 Å². The first-order valence-electron chi connectivity index (χ1n) is 9.88. The number of nitrogens with one attached hydrogen (secondary N) is 1. The Kier molecular flexibility index (Phi) is 4.80. The molecule has 1 N–H and O–H groups in total. The molecule has 1 aliphatic rings. The van der Waals surface area contributed by atoms with Gasteiger partial charge in [-0.1, -0.05) is 74.5 Å². The van der Waals surface area contributed by atoms with Crippen molar-refractivity contribution in [2.75, 3.05) is 0 Å². The van der Waals surface area contributed by atoms with Crippen LogP contribution < -0.4 is 5.32 Å².